The molecule has 1 saturated carbocycles. The number of hydrogen-bond acceptors (Lipinski definition) is 3. The second kappa shape index (κ2) is 7.21. The molecule has 0 aromatic carbocycles. The Bertz CT molecular complexity index is 383. The molecule has 108 valence electrons. The zero-order chi connectivity index (χ0) is 13.8. The van der Waals surface area contributed by atoms with Gasteiger partial charge in [-0.25, -0.2) is 0 Å². The van der Waals surface area contributed by atoms with Gasteiger partial charge in [-0.2, -0.15) is 0 Å². The van der Waals surface area contributed by atoms with E-state index in [9.17, 15) is 0 Å². The van der Waals surface area contributed by atoms with E-state index in [0.29, 0.717) is 6.04 Å². The molecule has 1 unspecified atom stereocenters. The van der Waals surface area contributed by atoms with E-state index in [-0.39, 0.29) is 0 Å². The smallest absolute Gasteiger partial charge is 0.0287 e. The molecule has 2 rings (SSSR count). The number of hydrogen-bond donors (Lipinski definition) is 2. The van der Waals surface area contributed by atoms with Crippen LogP contribution in [0.15, 0.2) is 15.9 Å². The fourth-order valence-electron chi connectivity index (χ4n) is 3.25. The summed E-state index contributed by atoms with van der Waals surface area (Å²) in [5.41, 5.74) is 3.06. The molecule has 0 radical (unpaired) electrons. The molecule has 1 aromatic rings. The van der Waals surface area contributed by atoms with Crippen molar-refractivity contribution in [1.82, 2.24) is 5.43 Å². The highest BCUT2D eigenvalue weighted by molar-refractivity contribution is 9.10. The highest BCUT2D eigenvalue weighted by Gasteiger charge is 2.28. The van der Waals surface area contributed by atoms with Crippen LogP contribution in [0.3, 0.4) is 0 Å². The van der Waals surface area contributed by atoms with Gasteiger partial charge in [0, 0.05) is 20.8 Å². The molecule has 0 spiro atoms. The fraction of sp³-hybridized carbons (Fsp3) is 0.733. The van der Waals surface area contributed by atoms with Crippen LogP contribution in [0.25, 0.3) is 0 Å². The molecule has 1 heterocycles. The van der Waals surface area contributed by atoms with Crippen molar-refractivity contribution in [3.8, 4) is 0 Å². The first-order valence-electron chi connectivity index (χ1n) is 7.29. The minimum atomic E-state index is 0.429. The van der Waals surface area contributed by atoms with Gasteiger partial charge >= 0.3 is 0 Å². The van der Waals surface area contributed by atoms with Crippen LogP contribution in [0, 0.1) is 17.8 Å². The number of halogens is 1. The van der Waals surface area contributed by atoms with E-state index in [0.717, 1.165) is 24.2 Å². The first kappa shape index (κ1) is 15.5. The van der Waals surface area contributed by atoms with Crippen molar-refractivity contribution in [2.24, 2.45) is 23.6 Å². The maximum absolute atomic E-state index is 5.80. The SMILES string of the molecule is CC(C)C1CCC(C(Cc2cc(Br)cs2)NN)CC1. The molecule has 0 bridgehead atoms. The van der Waals surface area contributed by atoms with E-state index in [1.807, 2.05) is 11.3 Å². The summed E-state index contributed by atoms with van der Waals surface area (Å²) in [6.07, 6.45) is 6.45. The molecule has 0 aliphatic heterocycles. The van der Waals surface area contributed by atoms with Crippen molar-refractivity contribution in [2.75, 3.05) is 0 Å². The quantitative estimate of drug-likeness (QED) is 0.615. The Balaban J connectivity index is 1.88. The summed E-state index contributed by atoms with van der Waals surface area (Å²) >= 11 is 5.34. The van der Waals surface area contributed by atoms with Crippen LogP contribution < -0.4 is 11.3 Å². The molecule has 1 aliphatic carbocycles. The van der Waals surface area contributed by atoms with E-state index in [2.05, 4.69) is 46.6 Å². The van der Waals surface area contributed by atoms with Crippen LogP contribution >= 0.6 is 27.3 Å². The summed E-state index contributed by atoms with van der Waals surface area (Å²) in [5.74, 6) is 8.29. The number of hydrazine groups is 1. The molecule has 0 amide bonds. The van der Waals surface area contributed by atoms with E-state index in [1.54, 1.807) is 0 Å². The highest BCUT2D eigenvalue weighted by atomic mass is 79.9. The van der Waals surface area contributed by atoms with Gasteiger partial charge in [0.15, 0.2) is 0 Å². The van der Waals surface area contributed by atoms with Gasteiger partial charge in [0.1, 0.15) is 0 Å². The third-order valence-corrected chi connectivity index (χ3v) is 6.31. The van der Waals surface area contributed by atoms with Gasteiger partial charge in [0.25, 0.3) is 0 Å². The Labute approximate surface area is 129 Å². The number of rotatable bonds is 5. The average molecular weight is 345 g/mol. The molecular formula is C15H25BrN2S. The third-order valence-electron chi connectivity index (χ3n) is 4.59. The van der Waals surface area contributed by atoms with Crippen LogP contribution in [-0.2, 0) is 6.42 Å². The molecule has 1 fully saturated rings. The molecule has 4 heteroatoms. The summed E-state index contributed by atoms with van der Waals surface area (Å²) in [6, 6.07) is 2.65. The zero-order valence-corrected chi connectivity index (χ0v) is 14.3. The molecule has 3 N–H and O–H groups in total. The Morgan fingerprint density at radius 2 is 1.95 bits per heavy atom. The lowest BCUT2D eigenvalue weighted by atomic mass is 9.74. The topological polar surface area (TPSA) is 38.0 Å². The molecule has 1 aromatic heterocycles. The van der Waals surface area contributed by atoms with Gasteiger partial charge in [-0.3, -0.25) is 11.3 Å². The van der Waals surface area contributed by atoms with Crippen molar-refractivity contribution < 1.29 is 0 Å². The third kappa shape index (κ3) is 4.28. The van der Waals surface area contributed by atoms with Crippen LogP contribution in [0.4, 0.5) is 0 Å². The maximum Gasteiger partial charge on any atom is 0.0287 e. The minimum Gasteiger partial charge on any atom is -0.271 e. The molecule has 19 heavy (non-hydrogen) atoms. The molecule has 1 aliphatic rings. The second-order valence-electron chi connectivity index (χ2n) is 6.13. The van der Waals surface area contributed by atoms with Gasteiger partial charge in [0.05, 0.1) is 0 Å². The normalized spacial score (nSPS) is 25.7. The lowest BCUT2D eigenvalue weighted by Gasteiger charge is -2.35. The first-order valence-corrected chi connectivity index (χ1v) is 8.96. The minimum absolute atomic E-state index is 0.429. The zero-order valence-electron chi connectivity index (χ0n) is 11.9. The summed E-state index contributed by atoms with van der Waals surface area (Å²) in [6.45, 7) is 4.71. The Morgan fingerprint density at radius 1 is 1.32 bits per heavy atom. The van der Waals surface area contributed by atoms with Crippen LogP contribution in [0.1, 0.15) is 44.4 Å². The van der Waals surface area contributed by atoms with Gasteiger partial charge in [-0.05, 0) is 71.9 Å². The first-order chi connectivity index (χ1) is 9.10. The van der Waals surface area contributed by atoms with Gasteiger partial charge < -0.3 is 0 Å². The van der Waals surface area contributed by atoms with Gasteiger partial charge in [-0.15, -0.1) is 11.3 Å². The highest BCUT2D eigenvalue weighted by Crippen LogP contribution is 2.35. The van der Waals surface area contributed by atoms with Crippen molar-refractivity contribution in [2.45, 2.75) is 52.0 Å². The van der Waals surface area contributed by atoms with Crippen LogP contribution in [0.5, 0.6) is 0 Å². The standard InChI is InChI=1S/C15H25BrN2S/c1-10(2)11-3-5-12(6-4-11)15(18-17)8-14-7-13(16)9-19-14/h7,9-12,15,18H,3-6,8,17H2,1-2H3. The largest absolute Gasteiger partial charge is 0.271 e. The van der Waals surface area contributed by atoms with E-state index in [4.69, 9.17) is 5.84 Å². The van der Waals surface area contributed by atoms with E-state index in [1.165, 1.54) is 35.0 Å². The lowest BCUT2D eigenvalue weighted by Crippen LogP contribution is -2.43. The fourth-order valence-corrected chi connectivity index (χ4v) is 4.76. The Hall–Kier alpha value is 0.1000. The second-order valence-corrected chi connectivity index (χ2v) is 8.04. The van der Waals surface area contributed by atoms with Crippen molar-refractivity contribution >= 4 is 27.3 Å². The van der Waals surface area contributed by atoms with E-state index < -0.39 is 0 Å². The van der Waals surface area contributed by atoms with Crippen molar-refractivity contribution in [1.29, 1.82) is 0 Å². The summed E-state index contributed by atoms with van der Waals surface area (Å²) in [4.78, 5) is 1.42. The van der Waals surface area contributed by atoms with Crippen LogP contribution in [0.2, 0.25) is 0 Å². The predicted octanol–water partition coefficient (Wildman–Crippen LogP) is 4.35. The van der Waals surface area contributed by atoms with Crippen molar-refractivity contribution in [3.63, 3.8) is 0 Å². The van der Waals surface area contributed by atoms with Gasteiger partial charge in [-0.1, -0.05) is 13.8 Å². The molecular weight excluding hydrogens is 320 g/mol. The number of thiophene rings is 1. The monoisotopic (exact) mass is 344 g/mol. The lowest BCUT2D eigenvalue weighted by molar-refractivity contribution is 0.188. The summed E-state index contributed by atoms with van der Waals surface area (Å²) in [5, 5.41) is 2.15. The van der Waals surface area contributed by atoms with Gasteiger partial charge in [0.2, 0.25) is 0 Å². The summed E-state index contributed by atoms with van der Waals surface area (Å²) < 4.78 is 1.19. The Kier molecular flexibility index (Phi) is 5.87. The van der Waals surface area contributed by atoms with Crippen molar-refractivity contribution in [3.05, 3.63) is 20.8 Å². The average Bonchev–Trinajstić information content (AvgIpc) is 2.81. The molecule has 0 saturated heterocycles. The number of nitrogens with two attached hydrogens (primary N) is 1. The van der Waals surface area contributed by atoms with Crippen LogP contribution in [-0.4, -0.2) is 6.04 Å². The molecule has 1 atom stereocenters. The predicted molar refractivity (Wildman–Crippen MR) is 87.1 cm³/mol. The number of nitrogens with one attached hydrogen (secondary N) is 1. The summed E-state index contributed by atoms with van der Waals surface area (Å²) in [7, 11) is 0. The van der Waals surface area contributed by atoms with E-state index >= 15 is 0 Å². The Morgan fingerprint density at radius 3 is 2.42 bits per heavy atom. The maximum atomic E-state index is 5.80. The molecule has 2 nitrogen and oxygen atoms in total.